The summed E-state index contributed by atoms with van der Waals surface area (Å²) in [6.45, 7) is 9.90. The molecule has 0 radical (unpaired) electrons. The lowest BCUT2D eigenvalue weighted by Gasteiger charge is -2.09. The third-order valence-corrected chi connectivity index (χ3v) is 6.09. The topological polar surface area (TPSA) is 56.4 Å². The molecule has 0 spiro atoms. The number of aryl methyl sites for hydroxylation is 5. The first-order valence-electron chi connectivity index (χ1n) is 10.3. The molecule has 154 valence electrons. The summed E-state index contributed by atoms with van der Waals surface area (Å²) in [6.07, 6.45) is 0. The minimum atomic E-state index is -0.188. The minimum Gasteiger partial charge on any atom is -0.268 e. The summed E-state index contributed by atoms with van der Waals surface area (Å²) in [7, 11) is 0. The Balaban J connectivity index is 1.98. The van der Waals surface area contributed by atoms with Gasteiger partial charge in [-0.15, -0.1) is 0 Å². The molecule has 0 bridgehead atoms. The van der Waals surface area contributed by atoms with E-state index >= 15 is 0 Å². The normalized spacial score (nSPS) is 11.6. The molecule has 0 saturated carbocycles. The van der Waals surface area contributed by atoms with Gasteiger partial charge in [0.2, 0.25) is 5.78 Å². The van der Waals surface area contributed by atoms with E-state index in [9.17, 15) is 9.59 Å². The lowest BCUT2D eigenvalue weighted by molar-refractivity contribution is 0.0968. The van der Waals surface area contributed by atoms with Crippen LogP contribution in [0.1, 0.15) is 38.2 Å². The zero-order valence-electron chi connectivity index (χ0n) is 18.3. The van der Waals surface area contributed by atoms with Crippen LogP contribution in [-0.4, -0.2) is 19.9 Å². The first-order chi connectivity index (χ1) is 14.8. The van der Waals surface area contributed by atoms with E-state index in [1.54, 1.807) is 8.97 Å². The van der Waals surface area contributed by atoms with Crippen molar-refractivity contribution in [2.45, 2.75) is 34.6 Å². The van der Waals surface area contributed by atoms with E-state index in [2.05, 4.69) is 0 Å². The van der Waals surface area contributed by atoms with Crippen molar-refractivity contribution in [2.75, 3.05) is 0 Å². The second kappa shape index (κ2) is 6.64. The van der Waals surface area contributed by atoms with Crippen LogP contribution >= 0.6 is 0 Å². The van der Waals surface area contributed by atoms with E-state index in [4.69, 9.17) is 4.98 Å². The van der Waals surface area contributed by atoms with Crippen molar-refractivity contribution in [1.29, 1.82) is 0 Å². The average molecular weight is 409 g/mol. The van der Waals surface area contributed by atoms with Crippen LogP contribution in [0.3, 0.4) is 0 Å². The number of hydrogen-bond donors (Lipinski definition) is 0. The quantitative estimate of drug-likeness (QED) is 0.390. The number of aromatic nitrogens is 3. The number of imidazole rings is 1. The van der Waals surface area contributed by atoms with Crippen LogP contribution in [0, 0.1) is 34.6 Å². The molecule has 0 aliphatic heterocycles. The number of rotatable bonds is 1. The molecule has 5 heteroatoms. The number of carbonyl (C=O) groups excluding carboxylic acids is 1. The Morgan fingerprint density at radius 2 is 1.42 bits per heavy atom. The predicted molar refractivity (Wildman–Crippen MR) is 124 cm³/mol. The lowest BCUT2D eigenvalue weighted by atomic mass is 10.0. The highest BCUT2D eigenvalue weighted by molar-refractivity contribution is 6.06. The van der Waals surface area contributed by atoms with Gasteiger partial charge in [-0.1, -0.05) is 29.3 Å². The van der Waals surface area contributed by atoms with Gasteiger partial charge in [0.05, 0.1) is 21.9 Å². The van der Waals surface area contributed by atoms with Gasteiger partial charge in [-0.3, -0.25) is 9.59 Å². The van der Waals surface area contributed by atoms with E-state index in [1.807, 2.05) is 83.1 Å². The zero-order chi connectivity index (χ0) is 22.0. The van der Waals surface area contributed by atoms with Gasteiger partial charge < -0.3 is 0 Å². The van der Waals surface area contributed by atoms with Crippen molar-refractivity contribution in [3.05, 3.63) is 92.3 Å². The van der Waals surface area contributed by atoms with Crippen LogP contribution in [0.2, 0.25) is 0 Å². The maximum absolute atomic E-state index is 13.8. The molecule has 2 aromatic heterocycles. The monoisotopic (exact) mass is 409 g/mol. The van der Waals surface area contributed by atoms with Crippen LogP contribution in [0.4, 0.5) is 0 Å². The first-order valence-corrected chi connectivity index (χ1v) is 10.3. The van der Waals surface area contributed by atoms with Gasteiger partial charge in [0.1, 0.15) is 0 Å². The number of carbonyl (C=O) groups is 1. The predicted octanol–water partition coefficient (Wildman–Crippen LogP) is 5.03. The van der Waals surface area contributed by atoms with Gasteiger partial charge in [0.25, 0.3) is 11.5 Å². The maximum atomic E-state index is 13.8. The molecule has 5 nitrogen and oxygen atoms in total. The molecule has 5 aromatic rings. The summed E-state index contributed by atoms with van der Waals surface area (Å²) in [5.41, 5.74) is 7.49. The molecule has 3 aromatic carbocycles. The Labute approximate surface area is 179 Å². The Kier molecular flexibility index (Phi) is 4.12. The van der Waals surface area contributed by atoms with Gasteiger partial charge in [-0.05, 0) is 81.6 Å². The van der Waals surface area contributed by atoms with E-state index in [1.165, 1.54) is 0 Å². The van der Waals surface area contributed by atoms with Crippen LogP contribution < -0.4 is 5.56 Å². The van der Waals surface area contributed by atoms with Gasteiger partial charge in [-0.25, -0.2) is 14.0 Å². The van der Waals surface area contributed by atoms with Crippen molar-refractivity contribution in [1.82, 2.24) is 14.0 Å². The standard InChI is InChI=1S/C26H23N3O2/c1-14-6-8-19(18(5)10-14)24(30)28-22-12-16(3)17(4)13-23(22)29-25(31)20-11-15(2)7-9-21(20)27-26(28)29/h6-13H,1-5H3. The van der Waals surface area contributed by atoms with Crippen molar-refractivity contribution in [3.63, 3.8) is 0 Å². The molecule has 31 heavy (non-hydrogen) atoms. The molecule has 0 atom stereocenters. The Bertz CT molecular complexity index is 1620. The molecular formula is C26H23N3O2. The number of fused-ring (bicyclic) bond motifs is 4. The summed E-state index contributed by atoms with van der Waals surface area (Å²) in [4.78, 5) is 32.1. The van der Waals surface area contributed by atoms with Gasteiger partial charge in [-0.2, -0.15) is 0 Å². The Morgan fingerprint density at radius 3 is 2.13 bits per heavy atom. The molecular weight excluding hydrogens is 386 g/mol. The van der Waals surface area contributed by atoms with Gasteiger partial charge in [0.15, 0.2) is 0 Å². The van der Waals surface area contributed by atoms with Crippen LogP contribution in [-0.2, 0) is 0 Å². The molecule has 2 heterocycles. The summed E-state index contributed by atoms with van der Waals surface area (Å²) in [6, 6.07) is 15.3. The summed E-state index contributed by atoms with van der Waals surface area (Å²) in [5.74, 6) is 0.151. The van der Waals surface area contributed by atoms with Gasteiger partial charge in [0, 0.05) is 5.56 Å². The fourth-order valence-corrected chi connectivity index (χ4v) is 4.28. The number of benzene rings is 3. The minimum absolute atomic E-state index is 0.163. The van der Waals surface area contributed by atoms with E-state index in [0.29, 0.717) is 33.3 Å². The molecule has 0 saturated heterocycles. The highest BCUT2D eigenvalue weighted by Gasteiger charge is 2.23. The average Bonchev–Trinajstić information content (AvgIpc) is 3.02. The second-order valence-corrected chi connectivity index (χ2v) is 8.46. The largest absolute Gasteiger partial charge is 0.268 e. The third kappa shape index (κ3) is 2.81. The highest BCUT2D eigenvalue weighted by atomic mass is 16.2. The summed E-state index contributed by atoms with van der Waals surface area (Å²) >= 11 is 0. The molecule has 0 unspecified atom stereocenters. The third-order valence-electron chi connectivity index (χ3n) is 6.09. The smallest absolute Gasteiger partial charge is 0.267 e. The Morgan fingerprint density at radius 1 is 0.774 bits per heavy atom. The first kappa shape index (κ1) is 19.2. The van der Waals surface area contributed by atoms with Crippen LogP contribution in [0.5, 0.6) is 0 Å². The van der Waals surface area contributed by atoms with E-state index in [-0.39, 0.29) is 11.5 Å². The van der Waals surface area contributed by atoms with Crippen molar-refractivity contribution in [3.8, 4) is 0 Å². The molecule has 5 rings (SSSR count). The molecule has 0 aliphatic rings. The highest BCUT2D eigenvalue weighted by Crippen LogP contribution is 2.26. The fourth-order valence-electron chi connectivity index (χ4n) is 4.28. The maximum Gasteiger partial charge on any atom is 0.267 e. The summed E-state index contributed by atoms with van der Waals surface area (Å²) < 4.78 is 3.16. The SMILES string of the molecule is Cc1ccc(C(=O)n2c3cc(C)c(C)cc3n3c(=O)c4cc(C)ccc4nc23)c(C)c1. The molecule has 0 N–H and O–H groups in total. The van der Waals surface area contributed by atoms with Gasteiger partial charge >= 0.3 is 0 Å². The number of hydrogen-bond acceptors (Lipinski definition) is 3. The van der Waals surface area contributed by atoms with Crippen LogP contribution in [0.25, 0.3) is 27.7 Å². The van der Waals surface area contributed by atoms with Crippen molar-refractivity contribution >= 4 is 33.6 Å². The van der Waals surface area contributed by atoms with Crippen LogP contribution in [0.15, 0.2) is 53.3 Å². The number of nitrogens with zero attached hydrogens (tertiary/aromatic N) is 3. The second-order valence-electron chi connectivity index (χ2n) is 8.46. The fraction of sp³-hybridized carbons (Fsp3) is 0.192. The lowest BCUT2D eigenvalue weighted by Crippen LogP contribution is -2.19. The molecule has 0 amide bonds. The van der Waals surface area contributed by atoms with Crippen molar-refractivity contribution < 1.29 is 4.79 Å². The van der Waals surface area contributed by atoms with E-state index in [0.717, 1.165) is 27.8 Å². The molecule has 0 fully saturated rings. The zero-order valence-corrected chi connectivity index (χ0v) is 18.3. The Hall–Kier alpha value is -3.73. The van der Waals surface area contributed by atoms with Crippen molar-refractivity contribution in [2.24, 2.45) is 0 Å². The summed E-state index contributed by atoms with van der Waals surface area (Å²) in [5, 5.41) is 0.550. The molecule has 0 aliphatic carbocycles. The van der Waals surface area contributed by atoms with E-state index < -0.39 is 0 Å².